The van der Waals surface area contributed by atoms with E-state index >= 15 is 0 Å². The lowest BCUT2D eigenvalue weighted by Crippen LogP contribution is -2.15. The highest BCUT2D eigenvalue weighted by atomic mass is 16.1. The fourth-order valence-corrected chi connectivity index (χ4v) is 2.02. The zero-order valence-electron chi connectivity index (χ0n) is 11.4. The lowest BCUT2D eigenvalue weighted by atomic mass is 10.2. The Kier molecular flexibility index (Phi) is 3.19. The minimum absolute atomic E-state index is 0.244. The van der Waals surface area contributed by atoms with Crippen molar-refractivity contribution < 1.29 is 4.79 Å². The molecule has 0 saturated heterocycles. The highest BCUT2D eigenvalue weighted by Crippen LogP contribution is 2.21. The Balaban J connectivity index is 2.02. The second kappa shape index (κ2) is 5.16. The molecule has 104 valence electrons. The maximum atomic E-state index is 11.4. The molecule has 2 heterocycles. The number of nitrogens with zero attached hydrogens (tertiary/aromatic N) is 3. The predicted octanol–water partition coefficient (Wildman–Crippen LogP) is 2.18. The molecule has 0 radical (unpaired) electrons. The largest absolute Gasteiger partial charge is 0.365 e. The Labute approximate surface area is 121 Å². The fourth-order valence-electron chi connectivity index (χ4n) is 2.02. The Bertz CT molecular complexity index is 831. The first-order valence-electron chi connectivity index (χ1n) is 6.39. The van der Waals surface area contributed by atoms with Crippen molar-refractivity contribution in [2.45, 2.75) is 6.92 Å². The number of fused-ring (bicyclic) bond motifs is 1. The number of hydrogen-bond acceptors (Lipinski definition) is 5. The number of hydrogen-bond donors (Lipinski definition) is 2. The molecule has 0 aliphatic heterocycles. The molecule has 6 heteroatoms. The second-order valence-electron chi connectivity index (χ2n) is 4.59. The second-order valence-corrected chi connectivity index (χ2v) is 4.59. The first kappa shape index (κ1) is 13.0. The lowest BCUT2D eigenvalue weighted by Gasteiger charge is -2.09. The van der Waals surface area contributed by atoms with Crippen LogP contribution in [-0.4, -0.2) is 20.9 Å². The molecule has 1 amide bonds. The Morgan fingerprint density at radius 2 is 2.00 bits per heavy atom. The number of benzene rings is 1. The van der Waals surface area contributed by atoms with Crippen molar-refractivity contribution >= 4 is 28.3 Å². The molecule has 0 aliphatic rings. The van der Waals surface area contributed by atoms with Crippen molar-refractivity contribution in [3.05, 3.63) is 54.1 Å². The van der Waals surface area contributed by atoms with Crippen molar-refractivity contribution in [1.82, 2.24) is 15.0 Å². The number of aryl methyl sites for hydroxylation is 1. The molecule has 2 aromatic heterocycles. The minimum atomic E-state index is -0.578. The van der Waals surface area contributed by atoms with Crippen LogP contribution in [-0.2, 0) is 0 Å². The van der Waals surface area contributed by atoms with Crippen molar-refractivity contribution in [2.24, 2.45) is 5.73 Å². The zero-order chi connectivity index (χ0) is 14.8. The van der Waals surface area contributed by atoms with Crippen molar-refractivity contribution in [3.8, 4) is 0 Å². The number of nitrogens with one attached hydrogen (secondary N) is 1. The number of rotatable bonds is 3. The van der Waals surface area contributed by atoms with Gasteiger partial charge in [0.15, 0.2) is 0 Å². The van der Waals surface area contributed by atoms with Crippen LogP contribution < -0.4 is 11.1 Å². The van der Waals surface area contributed by atoms with Gasteiger partial charge < -0.3 is 11.1 Å². The molecule has 0 atom stereocenters. The van der Waals surface area contributed by atoms with Crippen LogP contribution in [0.2, 0.25) is 0 Å². The molecule has 6 nitrogen and oxygen atoms in total. The lowest BCUT2D eigenvalue weighted by molar-refractivity contribution is 0.100. The molecule has 21 heavy (non-hydrogen) atoms. The molecule has 3 aromatic rings. The normalized spacial score (nSPS) is 10.5. The Morgan fingerprint density at radius 1 is 1.19 bits per heavy atom. The van der Waals surface area contributed by atoms with Gasteiger partial charge in [-0.25, -0.2) is 9.97 Å². The summed E-state index contributed by atoms with van der Waals surface area (Å²) in [5.74, 6) is 0.356. The van der Waals surface area contributed by atoms with Crippen molar-refractivity contribution in [2.75, 3.05) is 5.32 Å². The number of para-hydroxylation sites is 1. The van der Waals surface area contributed by atoms with E-state index in [-0.39, 0.29) is 5.56 Å². The highest BCUT2D eigenvalue weighted by molar-refractivity contribution is 5.98. The maximum absolute atomic E-state index is 11.4. The van der Waals surface area contributed by atoms with Crippen molar-refractivity contribution in [1.29, 1.82) is 0 Å². The molecule has 0 spiro atoms. The number of carbonyl (C=O) groups excluding carboxylic acids is 1. The summed E-state index contributed by atoms with van der Waals surface area (Å²) in [5.41, 5.74) is 7.21. The zero-order valence-corrected chi connectivity index (χ0v) is 11.4. The van der Waals surface area contributed by atoms with E-state index in [1.165, 1.54) is 6.20 Å². The summed E-state index contributed by atoms with van der Waals surface area (Å²) in [7, 11) is 0. The van der Waals surface area contributed by atoms with E-state index in [2.05, 4.69) is 20.3 Å². The molecule has 0 bridgehead atoms. The van der Waals surface area contributed by atoms with Gasteiger partial charge in [-0.05, 0) is 19.1 Å². The Hall–Kier alpha value is -3.02. The third-order valence-electron chi connectivity index (χ3n) is 3.03. The average Bonchev–Trinajstić information content (AvgIpc) is 2.47. The number of pyridine rings is 1. The number of nitrogens with two attached hydrogens (primary N) is 1. The summed E-state index contributed by atoms with van der Waals surface area (Å²) in [6.45, 7) is 1.74. The van der Waals surface area contributed by atoms with E-state index in [1.54, 1.807) is 13.1 Å². The third-order valence-corrected chi connectivity index (χ3v) is 3.03. The smallest absolute Gasteiger partial charge is 0.254 e. The van der Waals surface area contributed by atoms with E-state index in [0.717, 1.165) is 16.6 Å². The van der Waals surface area contributed by atoms with E-state index in [4.69, 9.17) is 5.73 Å². The van der Waals surface area contributed by atoms with Gasteiger partial charge in [0.2, 0.25) is 0 Å². The van der Waals surface area contributed by atoms with Crippen LogP contribution in [0, 0.1) is 6.92 Å². The van der Waals surface area contributed by atoms with Gasteiger partial charge in [-0.1, -0.05) is 18.2 Å². The van der Waals surface area contributed by atoms with Crippen molar-refractivity contribution in [3.63, 3.8) is 0 Å². The molecular formula is C15H13N5O. The highest BCUT2D eigenvalue weighted by Gasteiger charge is 2.11. The van der Waals surface area contributed by atoms with E-state index in [1.807, 2.05) is 30.3 Å². The first-order chi connectivity index (χ1) is 10.1. The van der Waals surface area contributed by atoms with Gasteiger partial charge in [0.05, 0.1) is 17.4 Å². The molecule has 0 saturated carbocycles. The van der Waals surface area contributed by atoms with Crippen LogP contribution in [0.1, 0.15) is 16.2 Å². The van der Waals surface area contributed by atoms with E-state index in [0.29, 0.717) is 11.6 Å². The number of amides is 1. The molecule has 3 N–H and O–H groups in total. The van der Waals surface area contributed by atoms with Gasteiger partial charge in [0, 0.05) is 11.6 Å². The third kappa shape index (κ3) is 2.64. The number of carbonyl (C=O) groups is 1. The SMILES string of the molecule is Cc1ncc(C(N)=O)c(Nc2cnc3ccccc3c2)n1. The summed E-state index contributed by atoms with van der Waals surface area (Å²) in [4.78, 5) is 24.0. The molecule has 1 aromatic carbocycles. The summed E-state index contributed by atoms with van der Waals surface area (Å²) < 4.78 is 0. The topological polar surface area (TPSA) is 93.8 Å². The van der Waals surface area contributed by atoms with Gasteiger partial charge in [-0.15, -0.1) is 0 Å². The average molecular weight is 279 g/mol. The summed E-state index contributed by atoms with van der Waals surface area (Å²) in [5, 5.41) is 4.07. The molecule has 0 fully saturated rings. The van der Waals surface area contributed by atoms with Crippen LogP contribution >= 0.6 is 0 Å². The van der Waals surface area contributed by atoms with Gasteiger partial charge >= 0.3 is 0 Å². The molecule has 3 rings (SSSR count). The van der Waals surface area contributed by atoms with Gasteiger partial charge in [-0.2, -0.15) is 0 Å². The fraction of sp³-hybridized carbons (Fsp3) is 0.0667. The van der Waals surface area contributed by atoms with Crippen LogP contribution in [0.25, 0.3) is 10.9 Å². The van der Waals surface area contributed by atoms with Gasteiger partial charge in [-0.3, -0.25) is 9.78 Å². The molecular weight excluding hydrogens is 266 g/mol. The monoisotopic (exact) mass is 279 g/mol. The minimum Gasteiger partial charge on any atom is -0.365 e. The first-order valence-corrected chi connectivity index (χ1v) is 6.39. The summed E-state index contributed by atoms with van der Waals surface area (Å²) in [6, 6.07) is 9.71. The van der Waals surface area contributed by atoms with Crippen LogP contribution in [0.5, 0.6) is 0 Å². The quantitative estimate of drug-likeness (QED) is 0.766. The van der Waals surface area contributed by atoms with E-state index < -0.39 is 5.91 Å². The van der Waals surface area contributed by atoms with Crippen LogP contribution in [0.4, 0.5) is 11.5 Å². The summed E-state index contributed by atoms with van der Waals surface area (Å²) >= 11 is 0. The standard InChI is InChI=1S/C15H13N5O/c1-9-17-8-12(14(16)21)15(19-9)20-11-6-10-4-2-3-5-13(10)18-7-11/h2-8H,1H3,(H2,16,21)(H,17,19,20). The van der Waals surface area contributed by atoms with Crippen LogP contribution in [0.15, 0.2) is 42.7 Å². The number of aromatic nitrogens is 3. The maximum Gasteiger partial charge on any atom is 0.254 e. The van der Waals surface area contributed by atoms with Gasteiger partial charge in [0.25, 0.3) is 5.91 Å². The molecule has 0 unspecified atom stereocenters. The predicted molar refractivity (Wildman–Crippen MR) is 80.3 cm³/mol. The van der Waals surface area contributed by atoms with E-state index in [9.17, 15) is 4.79 Å². The number of primary amides is 1. The summed E-state index contributed by atoms with van der Waals surface area (Å²) in [6.07, 6.45) is 3.10. The van der Waals surface area contributed by atoms with Gasteiger partial charge in [0.1, 0.15) is 17.2 Å². The number of anilines is 2. The Morgan fingerprint density at radius 3 is 2.81 bits per heavy atom. The van der Waals surface area contributed by atoms with Crippen LogP contribution in [0.3, 0.4) is 0 Å². The molecule has 0 aliphatic carbocycles.